The van der Waals surface area contributed by atoms with E-state index in [1.165, 1.54) is 32.4 Å². The molecule has 26 heavy (non-hydrogen) atoms. The van der Waals surface area contributed by atoms with Gasteiger partial charge in [-0.3, -0.25) is 4.68 Å². The molecule has 1 aromatic heterocycles. The average molecular weight is 363 g/mol. The second-order valence-corrected chi connectivity index (χ2v) is 7.13. The lowest BCUT2D eigenvalue weighted by atomic mass is 10.1. The number of nitrogens with zero attached hydrogens (tertiary/aromatic N) is 3. The Labute approximate surface area is 152 Å². The maximum Gasteiger partial charge on any atom is 0.423 e. The molecule has 0 N–H and O–H groups in total. The lowest BCUT2D eigenvalue weighted by molar-refractivity contribution is -0.165. The van der Waals surface area contributed by atoms with E-state index >= 15 is 0 Å². The van der Waals surface area contributed by atoms with Gasteiger partial charge in [-0.05, 0) is 58.2 Å². The Kier molecular flexibility index (Phi) is 5.10. The molecule has 1 atom stereocenters. The van der Waals surface area contributed by atoms with Gasteiger partial charge in [0, 0.05) is 6.54 Å². The Morgan fingerprint density at radius 2 is 1.88 bits per heavy atom. The Balaban J connectivity index is 1.36. The number of carbonyl (C=O) groups excluding carboxylic acids is 2. The molecule has 4 heterocycles. The number of hydrogen-bond acceptors (Lipinski definition) is 7. The lowest BCUT2D eigenvalue weighted by Gasteiger charge is -2.26. The SMILES string of the molecule is O=C1Oc2c(OCCCCN3CCCCC3)nn3c2C(CCC3)OC1=O. The normalized spacial score (nSPS) is 23.0. The van der Waals surface area contributed by atoms with Gasteiger partial charge in [0.1, 0.15) is 11.8 Å². The van der Waals surface area contributed by atoms with Crippen molar-refractivity contribution < 1.29 is 23.8 Å². The summed E-state index contributed by atoms with van der Waals surface area (Å²) in [6, 6.07) is 0. The van der Waals surface area contributed by atoms with Crippen LogP contribution in [0.5, 0.6) is 11.6 Å². The molecular formula is C18H25N3O5. The summed E-state index contributed by atoms with van der Waals surface area (Å²) >= 11 is 0. The van der Waals surface area contributed by atoms with Crippen molar-refractivity contribution in [1.82, 2.24) is 14.7 Å². The van der Waals surface area contributed by atoms with E-state index in [0.29, 0.717) is 25.3 Å². The van der Waals surface area contributed by atoms with E-state index in [-0.39, 0.29) is 11.6 Å². The molecule has 0 saturated carbocycles. The minimum atomic E-state index is -1.01. The number of aryl methyl sites for hydroxylation is 1. The third-order valence-corrected chi connectivity index (χ3v) is 5.22. The van der Waals surface area contributed by atoms with E-state index < -0.39 is 18.0 Å². The van der Waals surface area contributed by atoms with Gasteiger partial charge in [-0.2, -0.15) is 0 Å². The molecule has 0 amide bonds. The first-order chi connectivity index (χ1) is 12.7. The molecule has 0 aromatic carbocycles. The summed E-state index contributed by atoms with van der Waals surface area (Å²) in [6.45, 7) is 4.70. The molecule has 142 valence electrons. The summed E-state index contributed by atoms with van der Waals surface area (Å²) in [5.74, 6) is -1.42. The number of unbranched alkanes of at least 4 members (excludes halogenated alkanes) is 1. The third-order valence-electron chi connectivity index (χ3n) is 5.22. The van der Waals surface area contributed by atoms with Crippen LogP contribution in [0.4, 0.5) is 0 Å². The predicted octanol–water partition coefficient (Wildman–Crippen LogP) is 1.83. The molecule has 1 unspecified atom stereocenters. The second kappa shape index (κ2) is 7.65. The molecule has 8 heteroatoms. The Bertz CT molecular complexity index is 681. The fraction of sp³-hybridized carbons (Fsp3) is 0.722. The van der Waals surface area contributed by atoms with Gasteiger partial charge in [0.15, 0.2) is 0 Å². The van der Waals surface area contributed by atoms with Crippen LogP contribution >= 0.6 is 0 Å². The monoisotopic (exact) mass is 363 g/mol. The van der Waals surface area contributed by atoms with Crippen LogP contribution in [-0.4, -0.2) is 52.9 Å². The van der Waals surface area contributed by atoms with E-state index in [0.717, 1.165) is 25.8 Å². The molecule has 1 aromatic rings. The van der Waals surface area contributed by atoms with Crippen molar-refractivity contribution in [1.29, 1.82) is 0 Å². The van der Waals surface area contributed by atoms with E-state index in [2.05, 4.69) is 10.00 Å². The number of carbonyl (C=O) groups is 2. The van der Waals surface area contributed by atoms with Crippen molar-refractivity contribution in [3.8, 4) is 11.6 Å². The van der Waals surface area contributed by atoms with E-state index in [1.807, 2.05) is 0 Å². The number of hydrogen-bond donors (Lipinski definition) is 0. The Hall–Kier alpha value is -2.09. The van der Waals surface area contributed by atoms with Crippen molar-refractivity contribution in [3.05, 3.63) is 5.69 Å². The topological polar surface area (TPSA) is 82.9 Å². The number of aromatic nitrogens is 2. The van der Waals surface area contributed by atoms with Gasteiger partial charge in [-0.1, -0.05) is 6.42 Å². The van der Waals surface area contributed by atoms with Crippen LogP contribution in [-0.2, 0) is 20.9 Å². The molecule has 0 spiro atoms. The first-order valence-electron chi connectivity index (χ1n) is 9.61. The molecule has 8 nitrogen and oxygen atoms in total. The standard InChI is InChI=1S/C18H25N3O5/c22-17-18(23)26-15-14-13(25-17)7-6-11-21(14)19-16(15)24-12-5-4-10-20-8-2-1-3-9-20/h13H,1-12H2. The van der Waals surface area contributed by atoms with Gasteiger partial charge < -0.3 is 19.1 Å². The zero-order chi connectivity index (χ0) is 17.9. The molecule has 3 aliphatic heterocycles. The minimum Gasteiger partial charge on any atom is -0.474 e. The van der Waals surface area contributed by atoms with Crippen LogP contribution in [0.1, 0.15) is 56.7 Å². The summed E-state index contributed by atoms with van der Waals surface area (Å²) < 4.78 is 18.0. The average Bonchev–Trinajstić information content (AvgIpc) is 2.94. The zero-order valence-electron chi connectivity index (χ0n) is 14.9. The van der Waals surface area contributed by atoms with E-state index in [1.54, 1.807) is 4.68 Å². The highest BCUT2D eigenvalue weighted by Crippen LogP contribution is 2.42. The summed E-state index contributed by atoms with van der Waals surface area (Å²) in [5, 5.41) is 4.42. The van der Waals surface area contributed by atoms with Crippen LogP contribution in [0, 0.1) is 0 Å². The highest BCUT2D eigenvalue weighted by Gasteiger charge is 2.39. The van der Waals surface area contributed by atoms with Crippen LogP contribution in [0.25, 0.3) is 0 Å². The summed E-state index contributed by atoms with van der Waals surface area (Å²) in [4.78, 5) is 26.0. The largest absolute Gasteiger partial charge is 0.474 e. The quantitative estimate of drug-likeness (QED) is 0.433. The van der Waals surface area contributed by atoms with Gasteiger partial charge in [-0.25, -0.2) is 9.59 Å². The maximum atomic E-state index is 11.8. The van der Waals surface area contributed by atoms with Crippen LogP contribution in [0.2, 0.25) is 0 Å². The van der Waals surface area contributed by atoms with Crippen LogP contribution in [0.3, 0.4) is 0 Å². The van der Waals surface area contributed by atoms with Crippen molar-refractivity contribution in [3.63, 3.8) is 0 Å². The third kappa shape index (κ3) is 3.56. The van der Waals surface area contributed by atoms with Gasteiger partial charge in [0.05, 0.1) is 6.61 Å². The number of likely N-dealkylation sites (tertiary alicyclic amines) is 1. The number of ether oxygens (including phenoxy) is 3. The van der Waals surface area contributed by atoms with E-state index in [4.69, 9.17) is 14.2 Å². The van der Waals surface area contributed by atoms with E-state index in [9.17, 15) is 9.59 Å². The molecule has 3 aliphatic rings. The fourth-order valence-electron chi connectivity index (χ4n) is 3.89. The minimum absolute atomic E-state index is 0.251. The summed E-state index contributed by atoms with van der Waals surface area (Å²) in [5.41, 5.74) is 0.638. The van der Waals surface area contributed by atoms with Gasteiger partial charge >= 0.3 is 11.9 Å². The number of rotatable bonds is 6. The maximum absolute atomic E-state index is 11.8. The van der Waals surface area contributed by atoms with Crippen molar-refractivity contribution >= 4 is 11.9 Å². The van der Waals surface area contributed by atoms with Crippen LogP contribution in [0.15, 0.2) is 0 Å². The summed E-state index contributed by atoms with van der Waals surface area (Å²) in [6.07, 6.45) is 6.92. The first-order valence-corrected chi connectivity index (χ1v) is 9.61. The van der Waals surface area contributed by atoms with Crippen molar-refractivity contribution in [2.24, 2.45) is 0 Å². The Morgan fingerprint density at radius 1 is 1.04 bits per heavy atom. The highest BCUT2D eigenvalue weighted by molar-refractivity contribution is 6.30. The highest BCUT2D eigenvalue weighted by atomic mass is 16.6. The zero-order valence-corrected chi connectivity index (χ0v) is 14.9. The lowest BCUT2D eigenvalue weighted by Crippen LogP contribution is -2.30. The molecule has 4 rings (SSSR count). The van der Waals surface area contributed by atoms with Gasteiger partial charge in [0.25, 0.3) is 5.88 Å². The smallest absolute Gasteiger partial charge is 0.423 e. The molecule has 0 aliphatic carbocycles. The summed E-state index contributed by atoms with van der Waals surface area (Å²) in [7, 11) is 0. The van der Waals surface area contributed by atoms with Crippen molar-refractivity contribution in [2.45, 2.75) is 57.6 Å². The molecule has 1 saturated heterocycles. The van der Waals surface area contributed by atoms with Crippen LogP contribution < -0.4 is 9.47 Å². The number of esters is 2. The predicted molar refractivity (Wildman–Crippen MR) is 90.9 cm³/mol. The Morgan fingerprint density at radius 3 is 2.73 bits per heavy atom. The molecule has 0 radical (unpaired) electrons. The molecule has 0 bridgehead atoms. The first kappa shape index (κ1) is 17.3. The fourth-order valence-corrected chi connectivity index (χ4v) is 3.89. The van der Waals surface area contributed by atoms with Gasteiger partial charge in [-0.15, -0.1) is 5.10 Å². The second-order valence-electron chi connectivity index (χ2n) is 7.13. The molecule has 1 fully saturated rings. The van der Waals surface area contributed by atoms with Crippen molar-refractivity contribution in [2.75, 3.05) is 26.2 Å². The molecular weight excluding hydrogens is 338 g/mol. The number of piperidine rings is 1. The van der Waals surface area contributed by atoms with Gasteiger partial charge in [0.2, 0.25) is 5.75 Å².